The topological polar surface area (TPSA) is 0 Å². The highest BCUT2D eigenvalue weighted by atomic mass is 14.1. The number of benzene rings is 1. The van der Waals surface area contributed by atoms with E-state index in [-0.39, 0.29) is 1.43 Å². The first-order chi connectivity index (χ1) is 5.65. The van der Waals surface area contributed by atoms with Gasteiger partial charge in [0, 0.05) is 1.43 Å². The maximum absolute atomic E-state index is 5.49. The molecule has 1 rings (SSSR count). The molecule has 0 bridgehead atoms. The summed E-state index contributed by atoms with van der Waals surface area (Å²) in [5.74, 6) is 0.573. The minimum Gasteiger partial charge on any atom is -0.0616 e. The summed E-state index contributed by atoms with van der Waals surface area (Å²) in [5, 5.41) is 0. The molecule has 0 heterocycles. The Bertz CT molecular complexity index is 287. The molecule has 0 amide bonds. The second-order valence-corrected chi connectivity index (χ2v) is 3.44. The van der Waals surface area contributed by atoms with Crippen molar-refractivity contribution in [3.05, 3.63) is 41.5 Å². The molecule has 12 heavy (non-hydrogen) atoms. The van der Waals surface area contributed by atoms with Crippen molar-refractivity contribution in [1.29, 1.82) is 0 Å². The summed E-state index contributed by atoms with van der Waals surface area (Å²) in [4.78, 5) is 0. The van der Waals surface area contributed by atoms with E-state index in [1.54, 1.807) is 6.08 Å². The van der Waals surface area contributed by atoms with Crippen LogP contribution < -0.4 is 0 Å². The Labute approximate surface area is 76.4 Å². The van der Waals surface area contributed by atoms with Gasteiger partial charge < -0.3 is 0 Å². The summed E-state index contributed by atoms with van der Waals surface area (Å²) < 4.78 is 0. The van der Waals surface area contributed by atoms with Gasteiger partial charge in [0.1, 0.15) is 0 Å². The van der Waals surface area contributed by atoms with Crippen LogP contribution in [0.5, 0.6) is 0 Å². The van der Waals surface area contributed by atoms with Crippen LogP contribution in [-0.2, 0) is 0 Å². The normalized spacial score (nSPS) is 10.3. The lowest BCUT2D eigenvalue weighted by molar-refractivity contribution is 0.865. The Morgan fingerprint density at radius 2 is 2.08 bits per heavy atom. The van der Waals surface area contributed by atoms with Crippen LogP contribution in [0.4, 0.5) is 0 Å². The zero-order valence-corrected chi connectivity index (χ0v) is 7.96. The third kappa shape index (κ3) is 1.76. The highest BCUT2D eigenvalue weighted by Gasteiger charge is 2.00. The molecule has 64 valence electrons. The van der Waals surface area contributed by atoms with Gasteiger partial charge in [0.15, 0.2) is 0 Å². The zero-order chi connectivity index (χ0) is 9.14. The second-order valence-electron chi connectivity index (χ2n) is 3.44. The molecule has 0 nitrogen and oxygen atoms in total. The van der Waals surface area contributed by atoms with Gasteiger partial charge in [0.05, 0.1) is 0 Å². The summed E-state index contributed by atoms with van der Waals surface area (Å²) in [6, 6.07) is 6.43. The lowest BCUT2D eigenvalue weighted by atomic mass is 9.98. The van der Waals surface area contributed by atoms with Crippen LogP contribution in [0.25, 0.3) is 6.08 Å². The van der Waals surface area contributed by atoms with Crippen molar-refractivity contribution in [2.45, 2.75) is 26.7 Å². The molecule has 1 aromatic rings. The Hall–Kier alpha value is -1.04. The smallest absolute Gasteiger partial charge is 0 e. The van der Waals surface area contributed by atoms with Gasteiger partial charge in [-0.1, -0.05) is 44.7 Å². The molecule has 0 unspecified atom stereocenters. The van der Waals surface area contributed by atoms with E-state index in [2.05, 4.69) is 39.0 Å². The monoisotopic (exact) mass is 160 g/mol. The molecule has 0 N–H and O–H groups in total. The van der Waals surface area contributed by atoms with Gasteiger partial charge in [0.25, 0.3) is 0 Å². The van der Waals surface area contributed by atoms with Crippen LogP contribution in [0, 0.1) is 13.5 Å². The van der Waals surface area contributed by atoms with Crippen molar-refractivity contribution < 1.29 is 1.43 Å². The molecular weight excluding hydrogens is 144 g/mol. The molecule has 0 aliphatic carbocycles. The molecule has 0 heteroatoms. The average Bonchev–Trinajstić information content (AvgIpc) is 2.05. The molecule has 1 aromatic carbocycles. The molecular formula is C12H16. The van der Waals surface area contributed by atoms with Crippen molar-refractivity contribution in [3.8, 4) is 0 Å². The minimum absolute atomic E-state index is 0. The minimum atomic E-state index is 0. The first-order valence-electron chi connectivity index (χ1n) is 4.30. The first kappa shape index (κ1) is 9.05. The van der Waals surface area contributed by atoms with E-state index in [9.17, 15) is 0 Å². The van der Waals surface area contributed by atoms with Gasteiger partial charge in [-0.3, -0.25) is 0 Å². The highest BCUT2D eigenvalue weighted by molar-refractivity contribution is 5.52. The van der Waals surface area contributed by atoms with E-state index in [0.29, 0.717) is 5.92 Å². The van der Waals surface area contributed by atoms with Crippen molar-refractivity contribution in [2.24, 2.45) is 0 Å². The number of aryl methyl sites for hydroxylation is 1. The van der Waals surface area contributed by atoms with Gasteiger partial charge >= 0.3 is 0 Å². The van der Waals surface area contributed by atoms with Gasteiger partial charge in [-0.05, 0) is 29.5 Å². The van der Waals surface area contributed by atoms with E-state index in [1.807, 2.05) is 0 Å². The maximum atomic E-state index is 5.49. The predicted octanol–water partition coefficient (Wildman–Crippen LogP) is 3.68. The molecule has 0 aliphatic heterocycles. The summed E-state index contributed by atoms with van der Waals surface area (Å²) in [6.07, 6.45) is 1.67. The predicted molar refractivity (Wildman–Crippen MR) is 55.1 cm³/mol. The lowest BCUT2D eigenvalue weighted by Gasteiger charge is -2.07. The van der Waals surface area contributed by atoms with E-state index in [4.69, 9.17) is 6.58 Å². The molecule has 0 atom stereocenters. The SMILES string of the molecule is [CH]=Cc1cc(C(C)C)ccc1C.[H]. The van der Waals surface area contributed by atoms with Crippen molar-refractivity contribution in [3.63, 3.8) is 0 Å². The highest BCUT2D eigenvalue weighted by Crippen LogP contribution is 2.18. The largest absolute Gasteiger partial charge is 0.0616 e. The van der Waals surface area contributed by atoms with Crippen LogP contribution >= 0.6 is 0 Å². The average molecular weight is 160 g/mol. The van der Waals surface area contributed by atoms with E-state index >= 15 is 0 Å². The van der Waals surface area contributed by atoms with Crippen molar-refractivity contribution >= 4 is 6.08 Å². The second kappa shape index (κ2) is 3.57. The summed E-state index contributed by atoms with van der Waals surface area (Å²) in [7, 11) is 0. The third-order valence-corrected chi connectivity index (χ3v) is 2.15. The van der Waals surface area contributed by atoms with Crippen LogP contribution in [0.1, 0.15) is 37.9 Å². The Kier molecular flexibility index (Phi) is 2.69. The van der Waals surface area contributed by atoms with E-state index < -0.39 is 0 Å². The molecule has 0 fully saturated rings. The van der Waals surface area contributed by atoms with Crippen LogP contribution in [-0.4, -0.2) is 0 Å². The third-order valence-electron chi connectivity index (χ3n) is 2.15. The molecule has 0 aromatic heterocycles. The number of hydrogen-bond acceptors (Lipinski definition) is 0. The molecule has 0 saturated heterocycles. The summed E-state index contributed by atoms with van der Waals surface area (Å²) >= 11 is 0. The van der Waals surface area contributed by atoms with Gasteiger partial charge in [-0.2, -0.15) is 0 Å². The van der Waals surface area contributed by atoms with E-state index in [1.165, 1.54) is 11.1 Å². The summed E-state index contributed by atoms with van der Waals surface area (Å²) in [6.45, 7) is 11.9. The fourth-order valence-corrected chi connectivity index (χ4v) is 1.20. The van der Waals surface area contributed by atoms with Crippen LogP contribution in [0.15, 0.2) is 18.2 Å². The van der Waals surface area contributed by atoms with Crippen molar-refractivity contribution in [2.75, 3.05) is 0 Å². The number of hydrogen-bond donors (Lipinski definition) is 0. The van der Waals surface area contributed by atoms with E-state index in [0.717, 1.165) is 5.56 Å². The van der Waals surface area contributed by atoms with Gasteiger partial charge in [-0.25, -0.2) is 0 Å². The Balaban J connectivity index is 0.00000144. The fraction of sp³-hybridized carbons (Fsp3) is 0.333. The molecule has 0 spiro atoms. The molecule has 0 aliphatic rings. The fourth-order valence-electron chi connectivity index (χ4n) is 1.20. The zero-order valence-electron chi connectivity index (χ0n) is 8.96. The molecule has 2 radical (unpaired) electrons. The molecule has 0 saturated carbocycles. The van der Waals surface area contributed by atoms with Crippen molar-refractivity contribution in [1.82, 2.24) is 0 Å². The lowest BCUT2D eigenvalue weighted by Crippen LogP contribution is -1.89. The Morgan fingerprint density at radius 1 is 1.42 bits per heavy atom. The maximum Gasteiger partial charge on any atom is 0 e. The van der Waals surface area contributed by atoms with Crippen LogP contribution in [0.3, 0.4) is 0 Å². The Morgan fingerprint density at radius 3 is 2.58 bits per heavy atom. The number of rotatable bonds is 2. The van der Waals surface area contributed by atoms with Crippen LogP contribution in [0.2, 0.25) is 0 Å². The first-order valence-corrected chi connectivity index (χ1v) is 4.30. The quantitative estimate of drug-likeness (QED) is 0.619. The van der Waals surface area contributed by atoms with Gasteiger partial charge in [-0.15, -0.1) is 0 Å². The standard InChI is InChI=1S/C12H15.H/c1-5-11-8-12(9(2)3)7-6-10(11)4;/h1,5-9H,2-4H3;. The van der Waals surface area contributed by atoms with Gasteiger partial charge in [0.2, 0.25) is 0 Å². The summed E-state index contributed by atoms with van der Waals surface area (Å²) in [5.41, 5.74) is 3.72.